The second-order valence-electron chi connectivity index (χ2n) is 4.88. The van der Waals surface area contributed by atoms with Crippen molar-refractivity contribution in [3.05, 3.63) is 39.9 Å². The number of nitrogens with zero attached hydrogens (tertiary/aromatic N) is 1. The molecule has 2 aromatic rings. The number of hydrogen-bond acceptors (Lipinski definition) is 5. The summed E-state index contributed by atoms with van der Waals surface area (Å²) in [6.07, 6.45) is 1.07. The number of carboxylic acid groups (broad SMARTS) is 1. The number of benzene rings is 1. The highest BCUT2D eigenvalue weighted by Gasteiger charge is 2.12. The monoisotopic (exact) mass is 339 g/mol. The van der Waals surface area contributed by atoms with Crippen molar-refractivity contribution in [3.63, 3.8) is 0 Å². The summed E-state index contributed by atoms with van der Waals surface area (Å²) >= 11 is 7.34. The Morgan fingerprint density at radius 3 is 2.95 bits per heavy atom. The molecule has 2 rings (SSSR count). The van der Waals surface area contributed by atoms with Crippen molar-refractivity contribution in [2.45, 2.75) is 26.3 Å². The molecule has 0 amide bonds. The van der Waals surface area contributed by atoms with Crippen LogP contribution in [0.4, 0.5) is 10.8 Å². The van der Waals surface area contributed by atoms with E-state index in [0.717, 1.165) is 23.8 Å². The Kier molecular flexibility index (Phi) is 5.76. The summed E-state index contributed by atoms with van der Waals surface area (Å²) in [5, 5.41) is 18.5. The number of carbonyl (C=O) groups is 1. The van der Waals surface area contributed by atoms with Gasteiger partial charge in [0.2, 0.25) is 0 Å². The fourth-order valence-corrected chi connectivity index (χ4v) is 2.92. The number of nitrogens with one attached hydrogen (secondary N) is 2. The van der Waals surface area contributed by atoms with Crippen molar-refractivity contribution in [3.8, 4) is 0 Å². The summed E-state index contributed by atoms with van der Waals surface area (Å²) in [5.41, 5.74) is 1.69. The normalized spacial score (nSPS) is 12.1. The highest BCUT2D eigenvalue weighted by molar-refractivity contribution is 7.13. The molecule has 7 heteroatoms. The molecule has 22 heavy (non-hydrogen) atoms. The minimum Gasteiger partial charge on any atom is -0.478 e. The Balaban J connectivity index is 2.10. The first-order chi connectivity index (χ1) is 10.5. The molecule has 1 atom stereocenters. The number of aromatic carboxylic acids is 1. The van der Waals surface area contributed by atoms with Gasteiger partial charge >= 0.3 is 5.97 Å². The zero-order valence-electron chi connectivity index (χ0n) is 12.4. The van der Waals surface area contributed by atoms with E-state index in [-0.39, 0.29) is 16.6 Å². The van der Waals surface area contributed by atoms with E-state index < -0.39 is 5.97 Å². The van der Waals surface area contributed by atoms with Crippen LogP contribution in [-0.2, 0) is 0 Å². The first-order valence-electron chi connectivity index (χ1n) is 7.00. The fraction of sp³-hybridized carbons (Fsp3) is 0.333. The van der Waals surface area contributed by atoms with Gasteiger partial charge < -0.3 is 15.7 Å². The number of rotatable bonds is 7. The smallest absolute Gasteiger partial charge is 0.337 e. The van der Waals surface area contributed by atoms with Gasteiger partial charge in [0.1, 0.15) is 0 Å². The summed E-state index contributed by atoms with van der Waals surface area (Å²) < 4.78 is 0. The lowest BCUT2D eigenvalue weighted by atomic mass is 10.2. The third-order valence-corrected chi connectivity index (χ3v) is 4.22. The third-order valence-electron chi connectivity index (χ3n) is 3.11. The second kappa shape index (κ2) is 7.58. The molecule has 3 N–H and O–H groups in total. The molecule has 0 aliphatic heterocycles. The van der Waals surface area contributed by atoms with Crippen LogP contribution in [0.2, 0.25) is 5.02 Å². The van der Waals surface area contributed by atoms with E-state index >= 15 is 0 Å². The SMILES string of the molecule is CCCNC(C)c1csc(Nc2ccc(Cl)c(C(=O)O)c2)n1. The van der Waals surface area contributed by atoms with E-state index in [9.17, 15) is 4.79 Å². The molecule has 0 aliphatic rings. The lowest BCUT2D eigenvalue weighted by Crippen LogP contribution is -2.19. The van der Waals surface area contributed by atoms with Gasteiger partial charge in [0.15, 0.2) is 5.13 Å². The van der Waals surface area contributed by atoms with Gasteiger partial charge in [0, 0.05) is 17.1 Å². The van der Waals surface area contributed by atoms with Crippen molar-refractivity contribution < 1.29 is 9.90 Å². The molecule has 5 nitrogen and oxygen atoms in total. The first kappa shape index (κ1) is 16.7. The first-order valence-corrected chi connectivity index (χ1v) is 8.25. The summed E-state index contributed by atoms with van der Waals surface area (Å²) in [4.78, 5) is 15.6. The number of hydrogen-bond donors (Lipinski definition) is 3. The van der Waals surface area contributed by atoms with Crippen LogP contribution in [0.25, 0.3) is 0 Å². The predicted molar refractivity (Wildman–Crippen MR) is 90.5 cm³/mol. The molecule has 0 saturated carbocycles. The minimum absolute atomic E-state index is 0.0708. The standard InChI is InChI=1S/C15H18ClN3O2S/c1-3-6-17-9(2)13-8-22-15(19-13)18-10-4-5-12(16)11(7-10)14(20)21/h4-5,7-9,17H,3,6H2,1-2H3,(H,18,19)(H,20,21). The topological polar surface area (TPSA) is 74.2 Å². The van der Waals surface area contributed by atoms with Gasteiger partial charge in [-0.3, -0.25) is 0 Å². The van der Waals surface area contributed by atoms with Crippen LogP contribution in [0.15, 0.2) is 23.6 Å². The van der Waals surface area contributed by atoms with Crippen molar-refractivity contribution in [1.82, 2.24) is 10.3 Å². The lowest BCUT2D eigenvalue weighted by Gasteiger charge is -2.10. The second-order valence-corrected chi connectivity index (χ2v) is 6.14. The van der Waals surface area contributed by atoms with E-state index in [2.05, 4.69) is 29.5 Å². The Hall–Kier alpha value is -1.63. The molecule has 0 spiro atoms. The van der Waals surface area contributed by atoms with Gasteiger partial charge in [-0.15, -0.1) is 11.3 Å². The fourth-order valence-electron chi connectivity index (χ4n) is 1.90. The summed E-state index contributed by atoms with van der Waals surface area (Å²) in [6, 6.07) is 4.98. The van der Waals surface area contributed by atoms with Crippen LogP contribution in [0.3, 0.4) is 0 Å². The molecule has 0 bridgehead atoms. The average Bonchev–Trinajstić information content (AvgIpc) is 2.95. The molecular weight excluding hydrogens is 322 g/mol. The predicted octanol–water partition coefficient (Wildman–Crippen LogP) is 4.30. The Labute approximate surface area is 138 Å². The number of anilines is 2. The van der Waals surface area contributed by atoms with Crippen LogP contribution >= 0.6 is 22.9 Å². The number of halogens is 1. The van der Waals surface area contributed by atoms with Gasteiger partial charge in [-0.05, 0) is 38.1 Å². The van der Waals surface area contributed by atoms with Gasteiger partial charge in [0.25, 0.3) is 0 Å². The maximum Gasteiger partial charge on any atom is 0.337 e. The van der Waals surface area contributed by atoms with Crippen molar-refractivity contribution >= 4 is 39.7 Å². The molecule has 0 fully saturated rings. The Morgan fingerprint density at radius 2 is 2.27 bits per heavy atom. The van der Waals surface area contributed by atoms with Gasteiger partial charge in [0.05, 0.1) is 16.3 Å². The Bertz CT molecular complexity index is 660. The number of carboxylic acids is 1. The maximum atomic E-state index is 11.1. The van der Waals surface area contributed by atoms with Gasteiger partial charge in [-0.1, -0.05) is 18.5 Å². The van der Waals surface area contributed by atoms with Crippen LogP contribution in [0.1, 0.15) is 42.4 Å². The summed E-state index contributed by atoms with van der Waals surface area (Å²) in [6.45, 7) is 5.13. The van der Waals surface area contributed by atoms with Crippen LogP contribution in [0, 0.1) is 0 Å². The van der Waals surface area contributed by atoms with E-state index in [4.69, 9.17) is 16.7 Å². The summed E-state index contributed by atoms with van der Waals surface area (Å²) in [5.74, 6) is -1.05. The van der Waals surface area contributed by atoms with E-state index in [1.54, 1.807) is 12.1 Å². The highest BCUT2D eigenvalue weighted by atomic mass is 35.5. The van der Waals surface area contributed by atoms with Crippen molar-refractivity contribution in [1.29, 1.82) is 0 Å². The van der Waals surface area contributed by atoms with E-state index in [0.29, 0.717) is 5.69 Å². The lowest BCUT2D eigenvalue weighted by molar-refractivity contribution is 0.0697. The van der Waals surface area contributed by atoms with Crippen LogP contribution in [-0.4, -0.2) is 22.6 Å². The zero-order chi connectivity index (χ0) is 16.1. The van der Waals surface area contributed by atoms with E-state index in [1.807, 2.05) is 5.38 Å². The van der Waals surface area contributed by atoms with Crippen molar-refractivity contribution in [2.75, 3.05) is 11.9 Å². The van der Waals surface area contributed by atoms with E-state index in [1.165, 1.54) is 17.4 Å². The molecule has 1 heterocycles. The van der Waals surface area contributed by atoms with Gasteiger partial charge in [-0.2, -0.15) is 0 Å². The van der Waals surface area contributed by atoms with Crippen LogP contribution in [0.5, 0.6) is 0 Å². The minimum atomic E-state index is -1.05. The molecule has 0 aliphatic carbocycles. The molecule has 0 radical (unpaired) electrons. The molecule has 1 aromatic carbocycles. The quantitative estimate of drug-likeness (QED) is 0.701. The molecule has 118 valence electrons. The maximum absolute atomic E-state index is 11.1. The summed E-state index contributed by atoms with van der Waals surface area (Å²) in [7, 11) is 0. The van der Waals surface area contributed by atoms with Gasteiger partial charge in [-0.25, -0.2) is 9.78 Å². The molecule has 1 unspecified atom stereocenters. The Morgan fingerprint density at radius 1 is 1.50 bits per heavy atom. The highest BCUT2D eigenvalue weighted by Crippen LogP contribution is 2.26. The number of thiazole rings is 1. The van der Waals surface area contributed by atoms with Crippen molar-refractivity contribution in [2.24, 2.45) is 0 Å². The third kappa shape index (κ3) is 4.19. The average molecular weight is 340 g/mol. The largest absolute Gasteiger partial charge is 0.478 e. The molecule has 1 aromatic heterocycles. The molecular formula is C15H18ClN3O2S. The zero-order valence-corrected chi connectivity index (χ0v) is 14.0. The number of aromatic nitrogens is 1. The van der Waals surface area contributed by atoms with Crippen LogP contribution < -0.4 is 10.6 Å². The molecule has 0 saturated heterocycles.